The molecule has 3 nitrogen and oxygen atoms in total. The summed E-state index contributed by atoms with van der Waals surface area (Å²) in [5, 5.41) is 1.14. The Morgan fingerprint density at radius 2 is 1.95 bits per heavy atom. The van der Waals surface area contributed by atoms with Gasteiger partial charge in [0.25, 0.3) is 0 Å². The van der Waals surface area contributed by atoms with Gasteiger partial charge in [0.2, 0.25) is 0 Å². The summed E-state index contributed by atoms with van der Waals surface area (Å²) in [6.07, 6.45) is 0. The highest BCUT2D eigenvalue weighted by atomic mass is 19.1. The monoisotopic (exact) mass is 298 g/mol. The lowest BCUT2D eigenvalue weighted by atomic mass is 10.1. The van der Waals surface area contributed by atoms with E-state index in [9.17, 15) is 4.39 Å². The maximum absolute atomic E-state index is 13.6. The highest BCUT2D eigenvalue weighted by Gasteiger charge is 2.10. The molecular weight excluding hydrogens is 279 g/mol. The number of hydrogen-bond donors (Lipinski definition) is 1. The second-order valence-electron chi connectivity index (χ2n) is 5.20. The number of para-hydroxylation sites is 1. The minimum absolute atomic E-state index is 0.276. The van der Waals surface area contributed by atoms with E-state index in [1.807, 2.05) is 6.07 Å². The number of rotatable bonds is 5. The number of aromatic nitrogens is 1. The number of nitrogens with zero attached hydrogens (tertiary/aromatic N) is 1. The van der Waals surface area contributed by atoms with Gasteiger partial charge in [-0.15, -0.1) is 0 Å². The summed E-state index contributed by atoms with van der Waals surface area (Å²) in [5.41, 5.74) is 8.96. The molecule has 0 fully saturated rings. The van der Waals surface area contributed by atoms with Crippen molar-refractivity contribution in [2.45, 2.75) is 26.6 Å². The first kappa shape index (κ1) is 14.6. The van der Waals surface area contributed by atoms with Crippen LogP contribution in [0.25, 0.3) is 10.9 Å². The van der Waals surface area contributed by atoms with Gasteiger partial charge in [-0.05, 0) is 42.8 Å². The highest BCUT2D eigenvalue weighted by Crippen LogP contribution is 2.23. The second kappa shape index (κ2) is 6.20. The quantitative estimate of drug-likeness (QED) is 0.777. The summed E-state index contributed by atoms with van der Waals surface area (Å²) in [6, 6.07) is 14.7. The van der Waals surface area contributed by atoms with Gasteiger partial charge in [0.1, 0.15) is 6.61 Å². The van der Waals surface area contributed by atoms with E-state index < -0.39 is 0 Å². The van der Waals surface area contributed by atoms with Crippen LogP contribution in [0.2, 0.25) is 0 Å². The van der Waals surface area contributed by atoms with Crippen molar-refractivity contribution in [2.24, 2.45) is 5.73 Å². The van der Waals surface area contributed by atoms with Gasteiger partial charge in [-0.2, -0.15) is 0 Å². The topological polar surface area (TPSA) is 40.2 Å². The van der Waals surface area contributed by atoms with E-state index >= 15 is 0 Å². The Balaban J connectivity index is 1.91. The van der Waals surface area contributed by atoms with E-state index in [0.29, 0.717) is 13.2 Å². The van der Waals surface area contributed by atoms with Crippen LogP contribution in [0.3, 0.4) is 0 Å². The van der Waals surface area contributed by atoms with E-state index in [1.54, 1.807) is 18.2 Å². The summed E-state index contributed by atoms with van der Waals surface area (Å²) >= 11 is 0. The predicted molar refractivity (Wildman–Crippen MR) is 86.2 cm³/mol. The molecule has 4 heteroatoms. The van der Waals surface area contributed by atoms with Crippen molar-refractivity contribution in [1.82, 2.24) is 4.57 Å². The van der Waals surface area contributed by atoms with Crippen LogP contribution < -0.4 is 10.5 Å². The van der Waals surface area contributed by atoms with Crippen molar-refractivity contribution in [3.8, 4) is 5.75 Å². The van der Waals surface area contributed by atoms with Crippen LogP contribution >= 0.6 is 0 Å². The van der Waals surface area contributed by atoms with Gasteiger partial charge >= 0.3 is 0 Å². The Morgan fingerprint density at radius 1 is 1.14 bits per heavy atom. The third-order valence-electron chi connectivity index (χ3n) is 3.82. The fourth-order valence-corrected chi connectivity index (χ4v) is 2.71. The van der Waals surface area contributed by atoms with Crippen LogP contribution in [0.1, 0.15) is 18.2 Å². The molecule has 2 N–H and O–H groups in total. The van der Waals surface area contributed by atoms with E-state index in [4.69, 9.17) is 10.5 Å². The fourth-order valence-electron chi connectivity index (χ4n) is 2.71. The Labute approximate surface area is 129 Å². The molecule has 0 bridgehead atoms. The van der Waals surface area contributed by atoms with Crippen LogP contribution in [0.4, 0.5) is 4.39 Å². The summed E-state index contributed by atoms with van der Waals surface area (Å²) in [7, 11) is 0. The zero-order chi connectivity index (χ0) is 15.5. The Bertz CT molecular complexity index is 795. The van der Waals surface area contributed by atoms with Crippen LogP contribution in [-0.4, -0.2) is 4.57 Å². The summed E-state index contributed by atoms with van der Waals surface area (Å²) < 4.78 is 21.4. The lowest BCUT2D eigenvalue weighted by molar-refractivity contribution is 0.281. The average Bonchev–Trinajstić information content (AvgIpc) is 2.90. The molecule has 0 spiro atoms. The number of halogens is 1. The van der Waals surface area contributed by atoms with Gasteiger partial charge in [0.15, 0.2) is 11.6 Å². The zero-order valence-electron chi connectivity index (χ0n) is 12.6. The molecule has 0 aliphatic rings. The van der Waals surface area contributed by atoms with Crippen LogP contribution in [-0.2, 0) is 19.7 Å². The van der Waals surface area contributed by atoms with Crippen molar-refractivity contribution in [2.75, 3.05) is 0 Å². The third-order valence-corrected chi connectivity index (χ3v) is 3.82. The second-order valence-corrected chi connectivity index (χ2v) is 5.20. The Morgan fingerprint density at radius 3 is 2.68 bits per heavy atom. The minimum Gasteiger partial charge on any atom is -0.484 e. The molecule has 114 valence electrons. The molecule has 2 aromatic carbocycles. The average molecular weight is 298 g/mol. The van der Waals surface area contributed by atoms with E-state index in [0.717, 1.165) is 28.7 Å². The maximum Gasteiger partial charge on any atom is 0.165 e. The largest absolute Gasteiger partial charge is 0.484 e. The molecule has 0 saturated heterocycles. The molecule has 0 saturated carbocycles. The molecule has 0 amide bonds. The smallest absolute Gasteiger partial charge is 0.165 e. The molecule has 1 aromatic heterocycles. The van der Waals surface area contributed by atoms with Crippen LogP contribution in [0.15, 0.2) is 48.5 Å². The van der Waals surface area contributed by atoms with Crippen molar-refractivity contribution in [3.05, 3.63) is 65.6 Å². The van der Waals surface area contributed by atoms with E-state index in [2.05, 4.69) is 29.7 Å². The molecule has 22 heavy (non-hydrogen) atoms. The molecule has 0 radical (unpaired) electrons. The number of hydrogen-bond acceptors (Lipinski definition) is 2. The molecule has 1 heterocycles. The number of aryl methyl sites for hydroxylation is 1. The first-order chi connectivity index (χ1) is 10.7. The first-order valence-corrected chi connectivity index (χ1v) is 7.41. The molecule has 3 rings (SSSR count). The van der Waals surface area contributed by atoms with Crippen LogP contribution in [0, 0.1) is 5.82 Å². The number of benzene rings is 2. The molecule has 0 atom stereocenters. The zero-order valence-corrected chi connectivity index (χ0v) is 12.6. The lowest BCUT2D eigenvalue weighted by Crippen LogP contribution is -2.05. The minimum atomic E-state index is -0.341. The normalized spacial score (nSPS) is 11.0. The molecule has 3 aromatic rings. The number of nitrogens with two attached hydrogens (primary N) is 1. The summed E-state index contributed by atoms with van der Waals surface area (Å²) in [5.74, 6) is -0.0647. The van der Waals surface area contributed by atoms with Crippen molar-refractivity contribution in [3.63, 3.8) is 0 Å². The van der Waals surface area contributed by atoms with Gasteiger partial charge in [-0.3, -0.25) is 0 Å². The molecule has 0 unspecified atom stereocenters. The van der Waals surface area contributed by atoms with Gasteiger partial charge in [0, 0.05) is 24.0 Å². The molecule has 0 aliphatic carbocycles. The first-order valence-electron chi connectivity index (χ1n) is 7.41. The predicted octanol–water partition coefficient (Wildman–Crippen LogP) is 3.84. The molecule has 0 aliphatic heterocycles. The van der Waals surface area contributed by atoms with Gasteiger partial charge in [0.05, 0.1) is 5.69 Å². The highest BCUT2D eigenvalue weighted by molar-refractivity contribution is 5.82. The van der Waals surface area contributed by atoms with Crippen LogP contribution in [0.5, 0.6) is 5.75 Å². The van der Waals surface area contributed by atoms with Crippen molar-refractivity contribution in [1.29, 1.82) is 0 Å². The number of ether oxygens (including phenoxy) is 1. The third kappa shape index (κ3) is 2.70. The van der Waals surface area contributed by atoms with Crippen molar-refractivity contribution >= 4 is 10.9 Å². The number of fused-ring (bicyclic) bond motifs is 1. The Hall–Kier alpha value is -2.33. The van der Waals surface area contributed by atoms with Crippen molar-refractivity contribution < 1.29 is 9.13 Å². The Kier molecular flexibility index (Phi) is 4.11. The maximum atomic E-state index is 13.6. The lowest BCUT2D eigenvalue weighted by Gasteiger charge is -2.10. The van der Waals surface area contributed by atoms with E-state index in [-0.39, 0.29) is 11.6 Å². The van der Waals surface area contributed by atoms with Gasteiger partial charge in [-0.25, -0.2) is 4.39 Å². The standard InChI is InChI=1S/C18H19FN2O/c1-2-21-15(12-22-18-6-4-3-5-16(18)19)10-14-9-13(11-20)7-8-17(14)21/h3-10H,2,11-12,20H2,1H3. The van der Waals surface area contributed by atoms with Gasteiger partial charge < -0.3 is 15.0 Å². The van der Waals surface area contributed by atoms with E-state index in [1.165, 1.54) is 6.07 Å². The van der Waals surface area contributed by atoms with Gasteiger partial charge in [-0.1, -0.05) is 18.2 Å². The fraction of sp³-hybridized carbons (Fsp3) is 0.222. The molecular formula is C18H19FN2O. The summed E-state index contributed by atoms with van der Waals surface area (Å²) in [6.45, 7) is 3.78. The summed E-state index contributed by atoms with van der Waals surface area (Å²) in [4.78, 5) is 0. The SMILES string of the molecule is CCn1c(COc2ccccc2F)cc2cc(CN)ccc21.